The maximum atomic E-state index is 11.6. The van der Waals surface area contributed by atoms with Crippen LogP contribution < -0.4 is 10.2 Å². The molecule has 2 N–H and O–H groups in total. The molecule has 0 saturated carbocycles. The number of cyclic esters (lactones) is 1. The lowest BCUT2D eigenvalue weighted by atomic mass is 10.0. The number of ether oxygens (including phenoxy) is 1. The summed E-state index contributed by atoms with van der Waals surface area (Å²) >= 11 is 1.70. The number of thioether (sulfide) groups is 1. The Morgan fingerprint density at radius 2 is 2.14 bits per heavy atom. The van der Waals surface area contributed by atoms with Crippen molar-refractivity contribution in [2.24, 2.45) is 0 Å². The molecule has 5 heterocycles. The van der Waals surface area contributed by atoms with Gasteiger partial charge in [0.05, 0.1) is 47.4 Å². The number of hydrogen-bond acceptors (Lipinski definition) is 8. The maximum absolute atomic E-state index is 11.6. The van der Waals surface area contributed by atoms with E-state index in [4.69, 9.17) is 9.72 Å². The fraction of sp³-hybridized carbons (Fsp3) is 0.357. The largest absolute Gasteiger partial charge is 0.465 e. The van der Waals surface area contributed by atoms with E-state index in [1.54, 1.807) is 18.1 Å². The molecule has 9 heteroatoms. The van der Waals surface area contributed by atoms with Crippen LogP contribution in [0.2, 0.25) is 0 Å². The summed E-state index contributed by atoms with van der Waals surface area (Å²) in [6.45, 7) is 5.40. The highest BCUT2D eigenvalue weighted by Gasteiger charge is 2.27. The molecular weight excluding hydrogens is 484 g/mol. The van der Waals surface area contributed by atoms with Gasteiger partial charge in [-0.25, -0.2) is 4.98 Å². The van der Waals surface area contributed by atoms with E-state index in [0.29, 0.717) is 12.6 Å². The molecule has 2 fully saturated rings. The molecule has 2 aliphatic heterocycles. The van der Waals surface area contributed by atoms with E-state index < -0.39 is 0 Å². The molecule has 37 heavy (non-hydrogen) atoms. The van der Waals surface area contributed by atoms with E-state index in [-0.39, 0.29) is 11.2 Å². The lowest BCUT2D eigenvalue weighted by molar-refractivity contribution is -0.137. The van der Waals surface area contributed by atoms with Gasteiger partial charge in [-0.2, -0.15) is 0 Å². The molecule has 0 aliphatic carbocycles. The van der Waals surface area contributed by atoms with Crippen molar-refractivity contribution in [3.8, 4) is 22.6 Å². The standard InChI is InChI=1S/C28H30N6O2S/c1-18-3-2-4-24(33-18)27-26(31-17-32-27)19-5-6-23-20(13-19)14-22(15-30-23)34-10-7-21(16-34)29-9-12-37-25-8-11-36-28(25)35/h2-6,13-15,17,21,25,29H,7-12,16H2,1H3,(H,31,32). The highest BCUT2D eigenvalue weighted by atomic mass is 32.2. The number of esters is 1. The normalized spacial score (nSPS) is 19.6. The van der Waals surface area contributed by atoms with Gasteiger partial charge >= 0.3 is 5.97 Å². The highest BCUT2D eigenvalue weighted by Crippen LogP contribution is 2.31. The number of aryl methyl sites for hydroxylation is 1. The minimum absolute atomic E-state index is 0.0149. The van der Waals surface area contributed by atoms with E-state index in [1.165, 1.54) is 0 Å². The zero-order valence-corrected chi connectivity index (χ0v) is 21.6. The number of anilines is 1. The van der Waals surface area contributed by atoms with E-state index in [0.717, 1.165) is 83.2 Å². The summed E-state index contributed by atoms with van der Waals surface area (Å²) in [5.74, 6) is 0.864. The van der Waals surface area contributed by atoms with Gasteiger partial charge < -0.3 is 19.9 Å². The number of carbonyl (C=O) groups excluding carboxylic acids is 1. The molecular formula is C28H30N6O2S. The molecule has 2 saturated heterocycles. The van der Waals surface area contributed by atoms with E-state index >= 15 is 0 Å². The predicted molar refractivity (Wildman–Crippen MR) is 148 cm³/mol. The average molecular weight is 515 g/mol. The zero-order chi connectivity index (χ0) is 25.2. The first kappa shape index (κ1) is 23.9. The first-order valence-corrected chi connectivity index (χ1v) is 13.8. The van der Waals surface area contributed by atoms with Crippen molar-refractivity contribution in [2.75, 3.05) is 36.9 Å². The summed E-state index contributed by atoms with van der Waals surface area (Å²) < 4.78 is 5.05. The molecule has 0 spiro atoms. The number of benzene rings is 1. The first-order valence-electron chi connectivity index (χ1n) is 12.8. The predicted octanol–water partition coefficient (Wildman–Crippen LogP) is 4.21. The Balaban J connectivity index is 1.13. The summed E-state index contributed by atoms with van der Waals surface area (Å²) in [4.78, 5) is 31.3. The van der Waals surface area contributed by atoms with Crippen molar-refractivity contribution in [3.05, 3.63) is 60.7 Å². The van der Waals surface area contributed by atoms with Crippen LogP contribution in [0.1, 0.15) is 18.5 Å². The Labute approximate surface area is 220 Å². The number of hydrogen-bond donors (Lipinski definition) is 2. The van der Waals surface area contributed by atoms with Crippen molar-refractivity contribution < 1.29 is 9.53 Å². The summed E-state index contributed by atoms with van der Waals surface area (Å²) in [5, 5.41) is 4.77. The van der Waals surface area contributed by atoms with E-state index in [1.807, 2.05) is 31.3 Å². The number of aromatic nitrogens is 4. The molecule has 8 nitrogen and oxygen atoms in total. The molecule has 2 unspecified atom stereocenters. The third-order valence-corrected chi connectivity index (χ3v) is 8.29. The van der Waals surface area contributed by atoms with Crippen LogP contribution in [0, 0.1) is 6.92 Å². The third-order valence-electron chi connectivity index (χ3n) is 7.02. The lowest BCUT2D eigenvalue weighted by Crippen LogP contribution is -2.34. The number of rotatable bonds is 8. The number of imidazole rings is 1. The van der Waals surface area contributed by atoms with Gasteiger partial charge in [-0.3, -0.25) is 14.8 Å². The molecule has 190 valence electrons. The fourth-order valence-corrected chi connectivity index (χ4v) is 6.07. The first-order chi connectivity index (χ1) is 18.1. The fourth-order valence-electron chi connectivity index (χ4n) is 5.09. The van der Waals surface area contributed by atoms with Gasteiger partial charge in [0.25, 0.3) is 0 Å². The lowest BCUT2D eigenvalue weighted by Gasteiger charge is -2.19. The Morgan fingerprint density at radius 1 is 1.19 bits per heavy atom. The number of aromatic amines is 1. The number of nitrogens with one attached hydrogen (secondary N) is 2. The topological polar surface area (TPSA) is 96.0 Å². The smallest absolute Gasteiger partial charge is 0.319 e. The Kier molecular flexibility index (Phi) is 6.80. The van der Waals surface area contributed by atoms with E-state index in [9.17, 15) is 4.79 Å². The minimum Gasteiger partial charge on any atom is -0.465 e. The Bertz CT molecular complexity index is 1420. The maximum Gasteiger partial charge on any atom is 0.319 e. The number of H-pyrrole nitrogens is 1. The second kappa shape index (κ2) is 10.5. The number of carbonyl (C=O) groups is 1. The molecule has 2 atom stereocenters. The van der Waals surface area contributed by atoms with Crippen molar-refractivity contribution in [1.29, 1.82) is 0 Å². The molecule has 4 aromatic rings. The number of nitrogens with zero attached hydrogens (tertiary/aromatic N) is 4. The van der Waals surface area contributed by atoms with E-state index in [2.05, 4.69) is 49.4 Å². The molecule has 2 aliphatic rings. The number of fused-ring (bicyclic) bond motifs is 1. The van der Waals surface area contributed by atoms with Crippen LogP contribution in [0.25, 0.3) is 33.5 Å². The van der Waals surface area contributed by atoms with Gasteiger partial charge in [-0.05, 0) is 43.7 Å². The van der Waals surface area contributed by atoms with Gasteiger partial charge in [-0.15, -0.1) is 11.8 Å². The minimum atomic E-state index is -0.0562. The van der Waals surface area contributed by atoms with Crippen molar-refractivity contribution in [1.82, 2.24) is 25.3 Å². The van der Waals surface area contributed by atoms with Gasteiger partial charge in [0.15, 0.2) is 0 Å². The molecule has 6 rings (SSSR count). The molecule has 1 aromatic carbocycles. The van der Waals surface area contributed by atoms with Crippen molar-refractivity contribution in [2.45, 2.75) is 31.1 Å². The van der Waals surface area contributed by atoms with Gasteiger partial charge in [0, 0.05) is 54.5 Å². The van der Waals surface area contributed by atoms with Crippen LogP contribution in [0.15, 0.2) is 55.0 Å². The van der Waals surface area contributed by atoms with Crippen LogP contribution >= 0.6 is 11.8 Å². The van der Waals surface area contributed by atoms with Gasteiger partial charge in [0.2, 0.25) is 0 Å². The molecule has 0 radical (unpaired) electrons. The van der Waals surface area contributed by atoms with Crippen LogP contribution in [0.4, 0.5) is 5.69 Å². The molecule has 3 aromatic heterocycles. The van der Waals surface area contributed by atoms with Crippen molar-refractivity contribution >= 4 is 34.3 Å². The second-order valence-corrected chi connectivity index (χ2v) is 10.9. The second-order valence-electron chi connectivity index (χ2n) is 9.59. The van der Waals surface area contributed by atoms with Crippen LogP contribution in [0.3, 0.4) is 0 Å². The summed E-state index contributed by atoms with van der Waals surface area (Å²) in [6, 6.07) is 15.0. The highest BCUT2D eigenvalue weighted by molar-refractivity contribution is 8.00. The monoisotopic (exact) mass is 514 g/mol. The zero-order valence-electron chi connectivity index (χ0n) is 20.8. The molecule has 0 bridgehead atoms. The Morgan fingerprint density at radius 3 is 3.00 bits per heavy atom. The Hall–Kier alpha value is -3.43. The number of pyridine rings is 2. The summed E-state index contributed by atoms with van der Waals surface area (Å²) in [6.07, 6.45) is 5.63. The SMILES string of the molecule is Cc1cccc(-c2[nH]cnc2-c2ccc3ncc(N4CCC(NCCSC5CCOC5=O)C4)cc3c2)n1. The van der Waals surface area contributed by atoms with Crippen molar-refractivity contribution in [3.63, 3.8) is 0 Å². The van der Waals surface area contributed by atoms with Gasteiger partial charge in [-0.1, -0.05) is 12.1 Å². The van der Waals surface area contributed by atoms with Gasteiger partial charge in [0.1, 0.15) is 5.25 Å². The third kappa shape index (κ3) is 5.19. The van der Waals surface area contributed by atoms with Crippen LogP contribution in [-0.4, -0.2) is 69.2 Å². The summed E-state index contributed by atoms with van der Waals surface area (Å²) in [5.41, 5.74) is 6.81. The summed E-state index contributed by atoms with van der Waals surface area (Å²) in [7, 11) is 0. The molecule has 0 amide bonds. The average Bonchev–Trinajstić information content (AvgIpc) is 3.67. The quantitative estimate of drug-likeness (QED) is 0.267. The van der Waals surface area contributed by atoms with Crippen LogP contribution in [-0.2, 0) is 9.53 Å². The van der Waals surface area contributed by atoms with Crippen LogP contribution in [0.5, 0.6) is 0 Å².